The molecule has 0 aliphatic carbocycles. The van der Waals surface area contributed by atoms with Gasteiger partial charge >= 0.3 is 5.95 Å². The summed E-state index contributed by atoms with van der Waals surface area (Å²) >= 11 is 0. The van der Waals surface area contributed by atoms with E-state index < -0.39 is 0 Å². The summed E-state index contributed by atoms with van der Waals surface area (Å²) in [5.41, 5.74) is 5.87. The van der Waals surface area contributed by atoms with E-state index in [9.17, 15) is 10.4 Å². The second-order valence-electron chi connectivity index (χ2n) is 3.39. The first-order valence-electron chi connectivity index (χ1n) is 4.55. The highest BCUT2D eigenvalue weighted by molar-refractivity contribution is 5.40. The maximum absolute atomic E-state index is 11.2. The molecule has 0 aromatic carbocycles. The lowest BCUT2D eigenvalue weighted by Crippen LogP contribution is -2.46. The minimum atomic E-state index is -0.340. The molecule has 6 heteroatoms. The highest BCUT2D eigenvalue weighted by atomic mass is 16.5. The smallest absolute Gasteiger partial charge is 0.535 e. The van der Waals surface area contributed by atoms with Gasteiger partial charge in [-0.25, -0.2) is 5.73 Å². The van der Waals surface area contributed by atoms with E-state index in [4.69, 9.17) is 5.73 Å². The fraction of sp³-hybridized carbons (Fsp3) is 0.500. The third kappa shape index (κ3) is 1.39. The first kappa shape index (κ1) is 8.86. The van der Waals surface area contributed by atoms with Crippen LogP contribution in [-0.4, -0.2) is 13.1 Å². The van der Waals surface area contributed by atoms with Crippen molar-refractivity contribution >= 4 is 11.6 Å². The summed E-state index contributed by atoms with van der Waals surface area (Å²) in [5, 5.41) is 22.3. The molecule has 2 heterocycles. The van der Waals surface area contributed by atoms with Crippen LogP contribution in [-0.2, 0) is 0 Å². The molecule has 1 saturated heterocycles. The standard InChI is InChI=1S/C8H12N4O2/c9-8-11(13)5-7(6-12(8)14)10-3-1-2-4-10/h5-6H,1-4,9H2. The van der Waals surface area contributed by atoms with Gasteiger partial charge in [-0.15, -0.1) is 9.46 Å². The maximum Gasteiger partial charge on any atom is 0.535 e. The van der Waals surface area contributed by atoms with E-state index >= 15 is 0 Å². The van der Waals surface area contributed by atoms with E-state index in [0.29, 0.717) is 15.1 Å². The van der Waals surface area contributed by atoms with Crippen molar-refractivity contribution in [2.75, 3.05) is 23.7 Å². The van der Waals surface area contributed by atoms with Crippen molar-refractivity contribution in [2.45, 2.75) is 12.8 Å². The van der Waals surface area contributed by atoms with Gasteiger partial charge in [-0.1, -0.05) is 0 Å². The zero-order valence-electron chi connectivity index (χ0n) is 7.72. The van der Waals surface area contributed by atoms with Gasteiger partial charge in [0.2, 0.25) is 0 Å². The van der Waals surface area contributed by atoms with Gasteiger partial charge in [0, 0.05) is 13.1 Å². The van der Waals surface area contributed by atoms with Crippen LogP contribution in [0, 0.1) is 10.4 Å². The molecule has 0 bridgehead atoms. The molecule has 0 atom stereocenters. The summed E-state index contributed by atoms with van der Waals surface area (Å²) in [4.78, 5) is 2.00. The second-order valence-corrected chi connectivity index (χ2v) is 3.39. The Hall–Kier alpha value is -1.72. The van der Waals surface area contributed by atoms with Gasteiger partial charge in [0.1, 0.15) is 5.69 Å². The van der Waals surface area contributed by atoms with E-state index in [-0.39, 0.29) is 5.95 Å². The van der Waals surface area contributed by atoms with Crippen molar-refractivity contribution in [3.05, 3.63) is 22.8 Å². The fourth-order valence-corrected chi connectivity index (χ4v) is 1.64. The number of rotatable bonds is 1. The van der Waals surface area contributed by atoms with Crippen LogP contribution in [0.1, 0.15) is 12.8 Å². The van der Waals surface area contributed by atoms with Crippen molar-refractivity contribution in [2.24, 2.45) is 0 Å². The molecule has 0 unspecified atom stereocenters. The Morgan fingerprint density at radius 1 is 1.14 bits per heavy atom. The van der Waals surface area contributed by atoms with Crippen molar-refractivity contribution in [1.82, 2.24) is 0 Å². The van der Waals surface area contributed by atoms with Gasteiger partial charge in [-0.05, 0) is 12.8 Å². The zero-order valence-corrected chi connectivity index (χ0v) is 7.72. The van der Waals surface area contributed by atoms with Crippen molar-refractivity contribution < 1.29 is 9.46 Å². The van der Waals surface area contributed by atoms with E-state index in [2.05, 4.69) is 0 Å². The van der Waals surface area contributed by atoms with E-state index in [0.717, 1.165) is 25.9 Å². The monoisotopic (exact) mass is 196 g/mol. The van der Waals surface area contributed by atoms with Crippen LogP contribution in [0.25, 0.3) is 0 Å². The lowest BCUT2D eigenvalue weighted by Gasteiger charge is -2.17. The summed E-state index contributed by atoms with van der Waals surface area (Å²) in [7, 11) is 0. The summed E-state index contributed by atoms with van der Waals surface area (Å²) < 4.78 is 0.807. The Balaban J connectivity index is 2.34. The maximum atomic E-state index is 11.2. The van der Waals surface area contributed by atoms with Crippen LogP contribution < -0.4 is 20.1 Å². The number of aromatic nitrogens is 2. The molecule has 1 aromatic heterocycles. The molecule has 6 nitrogen and oxygen atoms in total. The zero-order chi connectivity index (χ0) is 10.1. The lowest BCUT2D eigenvalue weighted by molar-refractivity contribution is -0.717. The number of hydrogen-bond donors (Lipinski definition) is 1. The average Bonchev–Trinajstić information content (AvgIpc) is 2.66. The summed E-state index contributed by atoms with van der Waals surface area (Å²) in [6.07, 6.45) is 4.88. The topological polar surface area (TPSA) is 83.1 Å². The molecule has 0 radical (unpaired) electrons. The number of nitrogens with two attached hydrogens (primary N) is 1. The van der Waals surface area contributed by atoms with Gasteiger partial charge < -0.3 is 15.3 Å². The third-order valence-electron chi connectivity index (χ3n) is 2.42. The molecular formula is C8H12N4O2. The van der Waals surface area contributed by atoms with Gasteiger partial charge in [0.05, 0.1) is 0 Å². The van der Waals surface area contributed by atoms with Crippen molar-refractivity contribution in [3.63, 3.8) is 0 Å². The van der Waals surface area contributed by atoms with Gasteiger partial charge in [-0.2, -0.15) is 0 Å². The van der Waals surface area contributed by atoms with Crippen molar-refractivity contribution in [3.8, 4) is 0 Å². The fourth-order valence-electron chi connectivity index (χ4n) is 1.64. The van der Waals surface area contributed by atoms with E-state index in [1.165, 1.54) is 12.4 Å². The van der Waals surface area contributed by atoms with Crippen LogP contribution in [0.4, 0.5) is 11.6 Å². The normalized spacial score (nSPS) is 16.1. The second kappa shape index (κ2) is 3.21. The molecule has 76 valence electrons. The summed E-state index contributed by atoms with van der Waals surface area (Å²) in [6.45, 7) is 1.79. The Kier molecular flexibility index (Phi) is 2.03. The van der Waals surface area contributed by atoms with Crippen LogP contribution in [0.5, 0.6) is 0 Å². The van der Waals surface area contributed by atoms with Gasteiger partial charge in [0.25, 0.3) is 0 Å². The molecule has 2 rings (SSSR count). The van der Waals surface area contributed by atoms with Gasteiger partial charge in [-0.3, -0.25) is 0 Å². The van der Waals surface area contributed by atoms with Gasteiger partial charge in [0.15, 0.2) is 12.4 Å². The number of nitrogen functional groups attached to an aromatic ring is 1. The predicted octanol–water partition coefficient (Wildman–Crippen LogP) is -0.864. The molecule has 1 aliphatic rings. The number of hydrogen-bond acceptors (Lipinski definition) is 4. The predicted molar refractivity (Wildman–Crippen MR) is 50.2 cm³/mol. The summed E-state index contributed by atoms with van der Waals surface area (Å²) in [5.74, 6) is -0.340. The van der Waals surface area contributed by atoms with Crippen LogP contribution >= 0.6 is 0 Å². The molecule has 1 fully saturated rings. The first-order valence-corrected chi connectivity index (χ1v) is 4.55. The highest BCUT2D eigenvalue weighted by Crippen LogP contribution is 2.16. The Morgan fingerprint density at radius 2 is 1.64 bits per heavy atom. The molecular weight excluding hydrogens is 184 g/mol. The summed E-state index contributed by atoms with van der Waals surface area (Å²) in [6, 6.07) is 0. The highest BCUT2D eigenvalue weighted by Gasteiger charge is 2.18. The van der Waals surface area contributed by atoms with E-state index in [1.807, 2.05) is 4.90 Å². The molecule has 0 saturated carbocycles. The van der Waals surface area contributed by atoms with Crippen LogP contribution in [0.3, 0.4) is 0 Å². The lowest BCUT2D eigenvalue weighted by atomic mass is 10.4. The van der Waals surface area contributed by atoms with E-state index in [1.54, 1.807) is 0 Å². The molecule has 14 heavy (non-hydrogen) atoms. The minimum absolute atomic E-state index is 0.340. The largest absolute Gasteiger partial charge is 0.675 e. The molecule has 0 amide bonds. The minimum Gasteiger partial charge on any atom is -0.675 e. The molecule has 0 spiro atoms. The van der Waals surface area contributed by atoms with Crippen LogP contribution in [0.2, 0.25) is 0 Å². The van der Waals surface area contributed by atoms with Crippen molar-refractivity contribution in [1.29, 1.82) is 0 Å². The first-order chi connectivity index (χ1) is 6.68. The SMILES string of the molecule is Nc1[n+]([O-])cc(N2CCCC2)c[n+]1[O-]. The Labute approximate surface area is 81.3 Å². The average molecular weight is 196 g/mol. The Bertz CT molecular complexity index is 326. The van der Waals surface area contributed by atoms with Crippen LogP contribution in [0.15, 0.2) is 12.4 Å². The third-order valence-corrected chi connectivity index (χ3v) is 2.42. The quantitative estimate of drug-likeness (QED) is 0.467. The molecule has 1 aromatic rings. The number of nitrogens with zero attached hydrogens (tertiary/aromatic N) is 3. The Morgan fingerprint density at radius 3 is 2.14 bits per heavy atom. The number of anilines is 2. The molecule has 1 aliphatic heterocycles. The molecule has 2 N–H and O–H groups in total.